The van der Waals surface area contributed by atoms with E-state index < -0.39 is 18.1 Å². The van der Waals surface area contributed by atoms with Gasteiger partial charge in [0.05, 0.1) is 34.4 Å². The van der Waals surface area contributed by atoms with Crippen LogP contribution in [0.4, 0.5) is 0 Å². The van der Waals surface area contributed by atoms with Crippen LogP contribution in [0.3, 0.4) is 0 Å². The highest BCUT2D eigenvalue weighted by atomic mass is 16.5. The first-order chi connectivity index (χ1) is 20.2. The van der Waals surface area contributed by atoms with E-state index in [1.807, 2.05) is 21.1 Å². The first-order valence-corrected chi connectivity index (χ1v) is 16.2. The van der Waals surface area contributed by atoms with Gasteiger partial charge in [0.1, 0.15) is 12.7 Å². The second kappa shape index (κ2) is 27.6. The van der Waals surface area contributed by atoms with Gasteiger partial charge < -0.3 is 24.2 Å². The fourth-order valence-corrected chi connectivity index (χ4v) is 4.43. The Morgan fingerprint density at radius 1 is 0.714 bits per heavy atom. The molecule has 7 nitrogen and oxygen atoms in total. The van der Waals surface area contributed by atoms with Crippen molar-refractivity contribution >= 4 is 11.9 Å². The fraction of sp³-hybridized carbons (Fsp3) is 0.714. The van der Waals surface area contributed by atoms with E-state index >= 15 is 0 Å². The molecule has 0 heterocycles. The molecule has 7 heteroatoms. The molecule has 0 saturated carbocycles. The third-order valence-corrected chi connectivity index (χ3v) is 6.97. The van der Waals surface area contributed by atoms with Crippen molar-refractivity contribution in [1.29, 1.82) is 0 Å². The highest BCUT2D eigenvalue weighted by molar-refractivity contribution is 5.72. The van der Waals surface area contributed by atoms with Crippen molar-refractivity contribution in [2.24, 2.45) is 0 Å². The number of hydrogen-bond acceptors (Lipinski definition) is 5. The molecule has 2 unspecified atom stereocenters. The zero-order valence-corrected chi connectivity index (χ0v) is 27.2. The predicted molar refractivity (Wildman–Crippen MR) is 173 cm³/mol. The Morgan fingerprint density at radius 2 is 1.21 bits per heavy atom. The number of ether oxygens (including phenoxy) is 2. The lowest BCUT2D eigenvalue weighted by molar-refractivity contribution is -0.887. The summed E-state index contributed by atoms with van der Waals surface area (Å²) in [6.45, 7) is 2.30. The van der Waals surface area contributed by atoms with E-state index in [-0.39, 0.29) is 25.8 Å². The molecule has 0 rings (SSSR count). The van der Waals surface area contributed by atoms with E-state index in [1.54, 1.807) is 0 Å². The third-order valence-electron chi connectivity index (χ3n) is 6.97. The number of aliphatic carboxylic acids is 1. The van der Waals surface area contributed by atoms with Gasteiger partial charge >= 0.3 is 11.9 Å². The number of hydrogen-bond donors (Lipinski definition) is 2. The van der Waals surface area contributed by atoms with Crippen LogP contribution in [0.5, 0.6) is 0 Å². The van der Waals surface area contributed by atoms with Gasteiger partial charge in [0.25, 0.3) is 0 Å². The minimum atomic E-state index is -0.907. The van der Waals surface area contributed by atoms with Gasteiger partial charge in [-0.3, -0.25) is 4.79 Å². The van der Waals surface area contributed by atoms with Crippen molar-refractivity contribution in [2.75, 3.05) is 41.0 Å². The molecule has 2 N–H and O–H groups in total. The summed E-state index contributed by atoms with van der Waals surface area (Å²) in [4.78, 5) is 23.3. The summed E-state index contributed by atoms with van der Waals surface area (Å²) < 4.78 is 10.8. The minimum absolute atomic E-state index is 0.0151. The fourth-order valence-electron chi connectivity index (χ4n) is 4.43. The van der Waals surface area contributed by atoms with E-state index in [1.165, 1.54) is 44.9 Å². The van der Waals surface area contributed by atoms with Crippen LogP contribution in [0.15, 0.2) is 48.6 Å². The molecular formula is C35H62NO6+. The van der Waals surface area contributed by atoms with Crippen LogP contribution in [0.2, 0.25) is 0 Å². The molecule has 0 radical (unpaired) electrons. The molecule has 0 bridgehead atoms. The molecule has 0 amide bonds. The Labute approximate surface area is 256 Å². The van der Waals surface area contributed by atoms with Gasteiger partial charge in [-0.25, -0.2) is 4.79 Å². The van der Waals surface area contributed by atoms with Crippen molar-refractivity contribution in [3.05, 3.63) is 48.6 Å². The first-order valence-electron chi connectivity index (χ1n) is 16.2. The van der Waals surface area contributed by atoms with E-state index in [4.69, 9.17) is 9.47 Å². The number of carbonyl (C=O) groups excluding carboxylic acids is 1. The van der Waals surface area contributed by atoms with Gasteiger partial charge in [0.2, 0.25) is 0 Å². The van der Waals surface area contributed by atoms with Crippen molar-refractivity contribution in [3.63, 3.8) is 0 Å². The second-order valence-corrected chi connectivity index (χ2v) is 11.9. The molecule has 0 fully saturated rings. The average molecular weight is 593 g/mol. The van der Waals surface area contributed by atoms with Gasteiger partial charge in [-0.15, -0.1) is 0 Å². The molecule has 0 aliphatic carbocycles. The molecule has 0 aromatic heterocycles. The maximum absolute atomic E-state index is 11.9. The standard InChI is InChI=1S/C35H61NO6/c1-5-6-7-8-9-10-11-12-13-14-15-16-17-18-19-20-21-22-23-24-25-26-27-34(38)42-31-32(37)30-41-29-28-33(35(39)40)36(2,3)4/h6-7,9-10,12-13,15-16,32-33,37H,5,8,11,14,17-31H2,1-4H3/p+1/b7-6+,10-9+,13-12+,16-15+. The Bertz CT molecular complexity index is 781. The van der Waals surface area contributed by atoms with Crippen LogP contribution < -0.4 is 0 Å². The summed E-state index contributed by atoms with van der Waals surface area (Å²) in [7, 11) is 5.47. The highest BCUT2D eigenvalue weighted by Gasteiger charge is 2.30. The normalized spacial score (nSPS) is 14.0. The summed E-state index contributed by atoms with van der Waals surface area (Å²) in [6, 6.07) is -0.577. The van der Waals surface area contributed by atoms with Gasteiger partial charge in [-0.05, 0) is 44.9 Å². The molecule has 0 aliphatic rings. The molecule has 2 atom stereocenters. The lowest BCUT2D eigenvalue weighted by Crippen LogP contribution is -2.50. The lowest BCUT2D eigenvalue weighted by atomic mass is 10.1. The molecule has 0 aliphatic heterocycles. The van der Waals surface area contributed by atoms with Crippen LogP contribution in [0.25, 0.3) is 0 Å². The van der Waals surface area contributed by atoms with E-state index in [0.717, 1.165) is 44.9 Å². The van der Waals surface area contributed by atoms with Crippen LogP contribution in [0, 0.1) is 0 Å². The SMILES string of the molecule is CC/C=C/C/C=C/C/C=C/C/C=C/CCCCCCCCCCCC(=O)OCC(O)COCCC(C(=O)O)[N+](C)(C)C. The van der Waals surface area contributed by atoms with Crippen molar-refractivity contribution in [3.8, 4) is 0 Å². The highest BCUT2D eigenvalue weighted by Crippen LogP contribution is 2.12. The average Bonchev–Trinajstić information content (AvgIpc) is 2.93. The van der Waals surface area contributed by atoms with E-state index in [2.05, 4.69) is 55.5 Å². The third kappa shape index (κ3) is 26.7. The van der Waals surface area contributed by atoms with Crippen molar-refractivity contribution in [1.82, 2.24) is 0 Å². The number of allylic oxidation sites excluding steroid dienone is 8. The number of carboxylic acid groups (broad SMARTS) is 1. The van der Waals surface area contributed by atoms with Crippen LogP contribution in [-0.2, 0) is 19.1 Å². The number of rotatable bonds is 28. The van der Waals surface area contributed by atoms with Crippen LogP contribution in [-0.4, -0.2) is 79.7 Å². The van der Waals surface area contributed by atoms with Crippen molar-refractivity contribution < 1.29 is 33.8 Å². The summed E-state index contributed by atoms with van der Waals surface area (Å²) in [6.07, 6.45) is 33.6. The topological polar surface area (TPSA) is 93.1 Å². The van der Waals surface area contributed by atoms with Crippen molar-refractivity contribution in [2.45, 2.75) is 122 Å². The Morgan fingerprint density at radius 3 is 1.74 bits per heavy atom. The first kappa shape index (κ1) is 39.8. The van der Waals surface area contributed by atoms with E-state index in [0.29, 0.717) is 17.3 Å². The molecular weight excluding hydrogens is 530 g/mol. The predicted octanol–water partition coefficient (Wildman–Crippen LogP) is 7.55. The maximum Gasteiger partial charge on any atom is 0.362 e. The molecule has 0 aromatic carbocycles. The second-order valence-electron chi connectivity index (χ2n) is 11.9. The summed E-state index contributed by atoms with van der Waals surface area (Å²) in [5, 5.41) is 19.3. The largest absolute Gasteiger partial charge is 0.477 e. The zero-order chi connectivity index (χ0) is 31.3. The quantitative estimate of drug-likeness (QED) is 0.0422. The van der Waals surface area contributed by atoms with Crippen LogP contribution in [0.1, 0.15) is 110 Å². The van der Waals surface area contributed by atoms with Gasteiger partial charge in [-0.1, -0.05) is 100 Å². The molecule has 0 aromatic rings. The Balaban J connectivity index is 3.53. The molecule has 242 valence electrons. The monoisotopic (exact) mass is 592 g/mol. The Hall–Kier alpha value is -2.22. The molecule has 0 saturated heterocycles. The number of unbranched alkanes of at least 4 members (excludes halogenated alkanes) is 9. The van der Waals surface area contributed by atoms with Crippen LogP contribution >= 0.6 is 0 Å². The smallest absolute Gasteiger partial charge is 0.362 e. The number of esters is 1. The number of carbonyl (C=O) groups is 2. The number of aliphatic hydroxyl groups is 1. The number of carboxylic acids is 1. The number of nitrogens with zero attached hydrogens (tertiary/aromatic N) is 1. The maximum atomic E-state index is 11.9. The van der Waals surface area contributed by atoms with Gasteiger partial charge in [0, 0.05) is 12.8 Å². The summed E-state index contributed by atoms with van der Waals surface area (Å²) in [5.41, 5.74) is 0. The van der Waals surface area contributed by atoms with Gasteiger partial charge in [0.15, 0.2) is 6.04 Å². The Kier molecular flexibility index (Phi) is 26.1. The zero-order valence-electron chi connectivity index (χ0n) is 27.2. The number of aliphatic hydroxyl groups excluding tert-OH is 1. The van der Waals surface area contributed by atoms with Gasteiger partial charge in [-0.2, -0.15) is 0 Å². The summed E-state index contributed by atoms with van der Waals surface area (Å²) in [5.74, 6) is -1.16. The lowest BCUT2D eigenvalue weighted by Gasteiger charge is -2.31. The summed E-state index contributed by atoms with van der Waals surface area (Å²) >= 11 is 0. The number of quaternary nitrogens is 1. The molecule has 42 heavy (non-hydrogen) atoms. The number of likely N-dealkylation sites (N-methyl/N-ethyl adjacent to an activating group) is 1. The molecule has 0 spiro atoms. The minimum Gasteiger partial charge on any atom is -0.477 e. The van der Waals surface area contributed by atoms with E-state index in [9.17, 15) is 19.8 Å².